The average molecular weight is 324 g/mol. The molecule has 0 saturated carbocycles. The lowest BCUT2D eigenvalue weighted by atomic mass is 9.93. The Balaban J connectivity index is 1.48. The molecule has 2 heterocycles. The molecular formula is C19H24N4O. The largest absolute Gasteiger partial charge is 0.349 e. The van der Waals surface area contributed by atoms with Gasteiger partial charge in [0.05, 0.1) is 5.69 Å². The van der Waals surface area contributed by atoms with Crippen LogP contribution in [0.2, 0.25) is 0 Å². The first kappa shape index (κ1) is 15.4. The highest BCUT2D eigenvalue weighted by atomic mass is 16.1. The monoisotopic (exact) mass is 324 g/mol. The molecule has 1 aromatic carbocycles. The minimum atomic E-state index is 0.0484. The Kier molecular flexibility index (Phi) is 3.88. The van der Waals surface area contributed by atoms with Crippen molar-refractivity contribution in [2.24, 2.45) is 0 Å². The highest BCUT2D eigenvalue weighted by Gasteiger charge is 2.25. The number of carbonyl (C=O) groups is 1. The van der Waals surface area contributed by atoms with Crippen LogP contribution in [0, 0.1) is 0 Å². The van der Waals surface area contributed by atoms with E-state index in [9.17, 15) is 4.79 Å². The summed E-state index contributed by atoms with van der Waals surface area (Å²) in [5.41, 5.74) is 5.68. The van der Waals surface area contributed by atoms with Gasteiger partial charge in [-0.3, -0.25) is 9.48 Å². The van der Waals surface area contributed by atoms with Gasteiger partial charge in [-0.25, -0.2) is 0 Å². The minimum Gasteiger partial charge on any atom is -0.349 e. The van der Waals surface area contributed by atoms with Crippen molar-refractivity contribution in [2.75, 3.05) is 0 Å². The van der Waals surface area contributed by atoms with Crippen molar-refractivity contribution in [1.29, 1.82) is 0 Å². The van der Waals surface area contributed by atoms with Gasteiger partial charge >= 0.3 is 0 Å². The highest BCUT2D eigenvalue weighted by Crippen LogP contribution is 2.23. The predicted octanol–water partition coefficient (Wildman–Crippen LogP) is 2.35. The average Bonchev–Trinajstić information content (AvgIpc) is 3.20. The molecule has 5 nitrogen and oxygen atoms in total. The Morgan fingerprint density at radius 2 is 2.21 bits per heavy atom. The molecule has 0 spiro atoms. The molecule has 2 aromatic rings. The summed E-state index contributed by atoms with van der Waals surface area (Å²) in [6.07, 6.45) is 4.96. The second-order valence-corrected chi connectivity index (χ2v) is 7.13. The summed E-state index contributed by atoms with van der Waals surface area (Å²) >= 11 is 0. The van der Waals surface area contributed by atoms with E-state index in [-0.39, 0.29) is 11.9 Å². The van der Waals surface area contributed by atoms with Crippen LogP contribution < -0.4 is 10.6 Å². The summed E-state index contributed by atoms with van der Waals surface area (Å²) in [6.45, 7) is 5.92. The number of benzene rings is 1. The number of hydrogen-bond donors (Lipinski definition) is 2. The fourth-order valence-electron chi connectivity index (χ4n) is 3.71. The number of carbonyl (C=O) groups excluding carboxylic acids is 1. The third kappa shape index (κ3) is 2.73. The molecule has 1 aliphatic carbocycles. The van der Waals surface area contributed by atoms with Gasteiger partial charge in [0.1, 0.15) is 0 Å². The molecule has 0 radical (unpaired) electrons. The van der Waals surface area contributed by atoms with E-state index in [2.05, 4.69) is 36.7 Å². The molecular weight excluding hydrogens is 300 g/mol. The zero-order valence-electron chi connectivity index (χ0n) is 14.3. The smallest absolute Gasteiger partial charge is 0.251 e. The van der Waals surface area contributed by atoms with E-state index in [1.165, 1.54) is 11.1 Å². The molecule has 0 bridgehead atoms. The van der Waals surface area contributed by atoms with Crippen LogP contribution in [0.4, 0.5) is 0 Å². The van der Waals surface area contributed by atoms with E-state index in [1.807, 2.05) is 16.8 Å². The predicted molar refractivity (Wildman–Crippen MR) is 92.9 cm³/mol. The molecule has 1 unspecified atom stereocenters. The zero-order chi connectivity index (χ0) is 16.7. The van der Waals surface area contributed by atoms with Crippen molar-refractivity contribution in [3.8, 4) is 0 Å². The third-order valence-corrected chi connectivity index (χ3v) is 5.10. The normalized spacial score (nSPS) is 19.2. The number of fused-ring (bicyclic) bond motifs is 2. The molecule has 5 heteroatoms. The second-order valence-electron chi connectivity index (χ2n) is 7.13. The Bertz CT molecular complexity index is 778. The van der Waals surface area contributed by atoms with E-state index in [1.54, 1.807) is 0 Å². The standard InChI is InChI=1S/C19H24N4O/c1-12(2)23-11-14-6-7-15(8-18(14)22-23)21-19(24)16-5-3-4-13-9-20-10-17(13)16/h3-5,11-12,15,20H,6-10H2,1-2H3,(H,21,24). The number of hydrogen-bond acceptors (Lipinski definition) is 3. The lowest BCUT2D eigenvalue weighted by Gasteiger charge is -2.23. The van der Waals surface area contributed by atoms with Gasteiger partial charge in [-0.2, -0.15) is 5.10 Å². The van der Waals surface area contributed by atoms with Crippen LogP contribution in [0.3, 0.4) is 0 Å². The minimum absolute atomic E-state index is 0.0484. The molecule has 1 atom stereocenters. The van der Waals surface area contributed by atoms with Crippen molar-refractivity contribution >= 4 is 5.91 Å². The van der Waals surface area contributed by atoms with Crippen molar-refractivity contribution < 1.29 is 4.79 Å². The molecule has 4 rings (SSSR count). The Morgan fingerprint density at radius 3 is 3.04 bits per heavy atom. The molecule has 24 heavy (non-hydrogen) atoms. The fourth-order valence-corrected chi connectivity index (χ4v) is 3.71. The first-order valence-electron chi connectivity index (χ1n) is 8.81. The molecule has 1 aromatic heterocycles. The Morgan fingerprint density at radius 1 is 1.33 bits per heavy atom. The number of amides is 1. The molecule has 1 aliphatic heterocycles. The Hall–Kier alpha value is -2.14. The maximum Gasteiger partial charge on any atom is 0.251 e. The second kappa shape index (κ2) is 6.06. The van der Waals surface area contributed by atoms with Crippen molar-refractivity contribution in [3.63, 3.8) is 0 Å². The molecule has 2 aliphatic rings. The summed E-state index contributed by atoms with van der Waals surface area (Å²) in [5.74, 6) is 0.0484. The van der Waals surface area contributed by atoms with Gasteiger partial charge in [0.25, 0.3) is 5.91 Å². The summed E-state index contributed by atoms with van der Waals surface area (Å²) in [4.78, 5) is 12.7. The van der Waals surface area contributed by atoms with Gasteiger partial charge in [0.15, 0.2) is 0 Å². The van der Waals surface area contributed by atoms with E-state index < -0.39 is 0 Å². The van der Waals surface area contributed by atoms with Crippen LogP contribution in [0.15, 0.2) is 24.4 Å². The molecule has 1 amide bonds. The summed E-state index contributed by atoms with van der Waals surface area (Å²) < 4.78 is 2.03. The van der Waals surface area contributed by atoms with E-state index >= 15 is 0 Å². The first-order valence-corrected chi connectivity index (χ1v) is 8.81. The molecule has 2 N–H and O–H groups in total. The van der Waals surface area contributed by atoms with Crippen LogP contribution in [0.5, 0.6) is 0 Å². The SMILES string of the molecule is CC(C)n1cc2c(n1)CC(NC(=O)c1cccc3c1CNC3)CC2. The van der Waals surface area contributed by atoms with Crippen molar-refractivity contribution in [2.45, 2.75) is 58.3 Å². The first-order chi connectivity index (χ1) is 11.6. The summed E-state index contributed by atoms with van der Waals surface area (Å²) in [6, 6.07) is 6.55. The summed E-state index contributed by atoms with van der Waals surface area (Å²) in [7, 11) is 0. The lowest BCUT2D eigenvalue weighted by molar-refractivity contribution is 0.0932. The number of nitrogens with one attached hydrogen (secondary N) is 2. The van der Waals surface area contributed by atoms with Gasteiger partial charge in [0, 0.05) is 43.4 Å². The fraction of sp³-hybridized carbons (Fsp3) is 0.474. The van der Waals surface area contributed by atoms with Crippen LogP contribution >= 0.6 is 0 Å². The summed E-state index contributed by atoms with van der Waals surface area (Å²) in [5, 5.41) is 11.2. The van der Waals surface area contributed by atoms with Gasteiger partial charge in [-0.05, 0) is 49.4 Å². The maximum atomic E-state index is 12.7. The van der Waals surface area contributed by atoms with Crippen LogP contribution in [-0.4, -0.2) is 21.7 Å². The van der Waals surface area contributed by atoms with Gasteiger partial charge in [0.2, 0.25) is 0 Å². The van der Waals surface area contributed by atoms with Gasteiger partial charge < -0.3 is 10.6 Å². The third-order valence-electron chi connectivity index (χ3n) is 5.10. The van der Waals surface area contributed by atoms with E-state index in [4.69, 9.17) is 5.10 Å². The van der Waals surface area contributed by atoms with Crippen LogP contribution in [0.1, 0.15) is 59.1 Å². The molecule has 0 fully saturated rings. The van der Waals surface area contributed by atoms with Gasteiger partial charge in [-0.1, -0.05) is 12.1 Å². The zero-order valence-corrected chi connectivity index (χ0v) is 14.3. The van der Waals surface area contributed by atoms with E-state index in [0.717, 1.165) is 49.2 Å². The lowest BCUT2D eigenvalue weighted by Crippen LogP contribution is -2.39. The van der Waals surface area contributed by atoms with Crippen molar-refractivity contribution in [1.82, 2.24) is 20.4 Å². The topological polar surface area (TPSA) is 59.0 Å². The number of aryl methyl sites for hydroxylation is 1. The number of aromatic nitrogens is 2. The molecule has 126 valence electrons. The number of rotatable bonds is 3. The van der Waals surface area contributed by atoms with E-state index in [0.29, 0.717) is 6.04 Å². The van der Waals surface area contributed by atoms with Crippen LogP contribution in [-0.2, 0) is 25.9 Å². The van der Waals surface area contributed by atoms with Gasteiger partial charge in [-0.15, -0.1) is 0 Å². The molecule has 0 saturated heterocycles. The maximum absolute atomic E-state index is 12.7. The highest BCUT2D eigenvalue weighted by molar-refractivity contribution is 5.96. The van der Waals surface area contributed by atoms with Crippen molar-refractivity contribution in [3.05, 3.63) is 52.3 Å². The quantitative estimate of drug-likeness (QED) is 0.911. The van der Waals surface area contributed by atoms with Crippen LogP contribution in [0.25, 0.3) is 0 Å². The number of nitrogens with zero attached hydrogens (tertiary/aromatic N) is 2. The Labute approximate surface area is 142 Å².